The van der Waals surface area contributed by atoms with Crippen molar-refractivity contribution in [2.45, 2.75) is 26.7 Å². The van der Waals surface area contributed by atoms with E-state index in [9.17, 15) is 0 Å². The van der Waals surface area contributed by atoms with Crippen LogP contribution in [0.15, 0.2) is 30.6 Å². The minimum absolute atomic E-state index is 0.880. The molecule has 0 aliphatic rings. The summed E-state index contributed by atoms with van der Waals surface area (Å²) in [5, 5.41) is 6.77. The van der Waals surface area contributed by atoms with E-state index in [1.807, 2.05) is 12.1 Å². The molecule has 20 heavy (non-hydrogen) atoms. The normalized spacial score (nSPS) is 10.3. The van der Waals surface area contributed by atoms with Gasteiger partial charge in [0.25, 0.3) is 0 Å². The third-order valence-corrected chi connectivity index (χ3v) is 3.91. The first kappa shape index (κ1) is 15.0. The Bertz CT molecular complexity index is 572. The van der Waals surface area contributed by atoms with Crippen LogP contribution in [-0.4, -0.2) is 16.5 Å². The van der Waals surface area contributed by atoms with Gasteiger partial charge >= 0.3 is 0 Å². The van der Waals surface area contributed by atoms with E-state index in [4.69, 9.17) is 0 Å². The van der Waals surface area contributed by atoms with Crippen molar-refractivity contribution in [2.75, 3.05) is 17.2 Å². The first-order valence-corrected chi connectivity index (χ1v) is 7.93. The predicted octanol–water partition coefficient (Wildman–Crippen LogP) is 4.21. The molecule has 2 rings (SSSR count). The lowest BCUT2D eigenvalue weighted by atomic mass is 10.2. The summed E-state index contributed by atoms with van der Waals surface area (Å²) in [6, 6.07) is 8.18. The van der Waals surface area contributed by atoms with Crippen LogP contribution in [0.4, 0.5) is 17.3 Å². The third kappa shape index (κ3) is 3.59. The van der Waals surface area contributed by atoms with Crippen LogP contribution in [-0.2, 0) is 6.42 Å². The van der Waals surface area contributed by atoms with Crippen molar-refractivity contribution < 1.29 is 0 Å². The van der Waals surface area contributed by atoms with Crippen LogP contribution in [0.2, 0.25) is 0 Å². The fourth-order valence-electron chi connectivity index (χ4n) is 1.94. The maximum Gasteiger partial charge on any atom is 0.139 e. The molecule has 0 fully saturated rings. The first-order valence-electron chi connectivity index (χ1n) is 6.85. The van der Waals surface area contributed by atoms with Gasteiger partial charge in [0.05, 0.1) is 5.69 Å². The molecule has 0 saturated carbocycles. The highest BCUT2D eigenvalue weighted by Crippen LogP contribution is 2.26. The molecule has 0 spiro atoms. The molecule has 1 aromatic carbocycles. The van der Waals surface area contributed by atoms with Gasteiger partial charge in [0, 0.05) is 15.7 Å². The molecule has 1 heterocycles. The summed E-state index contributed by atoms with van der Waals surface area (Å²) >= 11 is 2.32. The largest absolute Gasteiger partial charge is 0.370 e. The number of para-hydroxylation sites is 1. The smallest absolute Gasteiger partial charge is 0.139 e. The molecule has 0 unspecified atom stereocenters. The van der Waals surface area contributed by atoms with Gasteiger partial charge in [-0.05, 0) is 47.6 Å². The number of aromatic nitrogens is 2. The number of rotatable bonds is 6. The molecule has 2 aromatic rings. The zero-order chi connectivity index (χ0) is 14.4. The summed E-state index contributed by atoms with van der Waals surface area (Å²) in [4.78, 5) is 8.74. The molecule has 0 radical (unpaired) electrons. The van der Waals surface area contributed by atoms with E-state index < -0.39 is 0 Å². The second-order valence-corrected chi connectivity index (χ2v) is 5.60. The molecular weight excluding hydrogens is 363 g/mol. The lowest BCUT2D eigenvalue weighted by molar-refractivity contribution is 0.949. The predicted molar refractivity (Wildman–Crippen MR) is 92.6 cm³/mol. The highest BCUT2D eigenvalue weighted by Gasteiger charge is 2.10. The maximum atomic E-state index is 4.39. The monoisotopic (exact) mass is 382 g/mol. The summed E-state index contributed by atoms with van der Waals surface area (Å²) in [6.07, 6.45) is 3.57. The lowest BCUT2D eigenvalue weighted by Gasteiger charge is -2.14. The molecule has 2 N–H and O–H groups in total. The molecular formula is C15H19IN4. The van der Waals surface area contributed by atoms with Crippen LogP contribution < -0.4 is 10.6 Å². The topological polar surface area (TPSA) is 49.8 Å². The number of benzene rings is 1. The van der Waals surface area contributed by atoms with Gasteiger partial charge in [-0.2, -0.15) is 0 Å². The van der Waals surface area contributed by atoms with Crippen LogP contribution in [0.25, 0.3) is 0 Å². The summed E-state index contributed by atoms with van der Waals surface area (Å²) in [5.74, 6) is 1.81. The van der Waals surface area contributed by atoms with Crippen LogP contribution >= 0.6 is 22.6 Å². The minimum Gasteiger partial charge on any atom is -0.370 e. The molecule has 0 bridgehead atoms. The fraction of sp³-hybridized carbons (Fsp3) is 0.333. The average molecular weight is 382 g/mol. The van der Waals surface area contributed by atoms with Gasteiger partial charge in [0.1, 0.15) is 18.0 Å². The van der Waals surface area contributed by atoms with E-state index >= 15 is 0 Å². The summed E-state index contributed by atoms with van der Waals surface area (Å²) in [7, 11) is 0. The Kier molecular flexibility index (Phi) is 5.58. The lowest BCUT2D eigenvalue weighted by Crippen LogP contribution is -2.08. The number of halogens is 1. The summed E-state index contributed by atoms with van der Waals surface area (Å²) < 4.78 is 1.17. The van der Waals surface area contributed by atoms with Crippen LogP contribution in [0.3, 0.4) is 0 Å². The van der Waals surface area contributed by atoms with Crippen LogP contribution in [0.1, 0.15) is 25.8 Å². The van der Waals surface area contributed by atoms with E-state index in [0.29, 0.717) is 0 Å². The standard InChI is InChI=1S/C15H19IN4/c1-3-9-17-14-11(4-2)15(19-10-18-14)20-13-8-6-5-7-12(13)16/h5-8,10H,3-4,9H2,1-2H3,(H2,17,18,19,20). The highest BCUT2D eigenvalue weighted by atomic mass is 127. The van der Waals surface area contributed by atoms with E-state index in [-0.39, 0.29) is 0 Å². The van der Waals surface area contributed by atoms with Crippen molar-refractivity contribution in [3.8, 4) is 0 Å². The number of nitrogens with one attached hydrogen (secondary N) is 2. The van der Waals surface area contributed by atoms with Gasteiger partial charge in [-0.1, -0.05) is 26.0 Å². The molecule has 0 atom stereocenters. The van der Waals surface area contributed by atoms with Crippen LogP contribution in [0.5, 0.6) is 0 Å². The van der Waals surface area contributed by atoms with Crippen LogP contribution in [0, 0.1) is 3.57 Å². The van der Waals surface area contributed by atoms with Gasteiger partial charge in [0.15, 0.2) is 0 Å². The van der Waals surface area contributed by atoms with E-state index in [1.54, 1.807) is 6.33 Å². The Morgan fingerprint density at radius 1 is 1.10 bits per heavy atom. The van der Waals surface area contributed by atoms with Crippen molar-refractivity contribution in [3.63, 3.8) is 0 Å². The zero-order valence-electron chi connectivity index (χ0n) is 11.8. The van der Waals surface area contributed by atoms with Crippen molar-refractivity contribution in [1.82, 2.24) is 9.97 Å². The SMILES string of the molecule is CCCNc1ncnc(Nc2ccccc2I)c1CC. The summed E-state index contributed by atoms with van der Waals surface area (Å²) in [6.45, 7) is 5.19. The van der Waals surface area contributed by atoms with E-state index in [0.717, 1.165) is 42.3 Å². The van der Waals surface area contributed by atoms with E-state index in [1.165, 1.54) is 3.57 Å². The van der Waals surface area contributed by atoms with Gasteiger partial charge in [-0.3, -0.25) is 0 Å². The number of hydrogen-bond acceptors (Lipinski definition) is 4. The highest BCUT2D eigenvalue weighted by molar-refractivity contribution is 14.1. The van der Waals surface area contributed by atoms with Gasteiger partial charge in [-0.25, -0.2) is 9.97 Å². The molecule has 106 valence electrons. The first-order chi connectivity index (χ1) is 9.76. The van der Waals surface area contributed by atoms with Gasteiger partial charge in [0.2, 0.25) is 0 Å². The Balaban J connectivity index is 2.29. The zero-order valence-corrected chi connectivity index (χ0v) is 13.9. The fourth-order valence-corrected chi connectivity index (χ4v) is 2.46. The quantitative estimate of drug-likeness (QED) is 0.735. The Morgan fingerprint density at radius 3 is 2.55 bits per heavy atom. The second kappa shape index (κ2) is 7.42. The molecule has 0 aliphatic carbocycles. The Hall–Kier alpha value is -1.37. The molecule has 0 amide bonds. The molecule has 0 aliphatic heterocycles. The number of hydrogen-bond donors (Lipinski definition) is 2. The minimum atomic E-state index is 0.880. The van der Waals surface area contributed by atoms with Crippen molar-refractivity contribution >= 4 is 39.9 Å². The Labute approximate surface area is 133 Å². The molecule has 1 aromatic heterocycles. The third-order valence-electron chi connectivity index (χ3n) is 2.97. The Morgan fingerprint density at radius 2 is 1.85 bits per heavy atom. The van der Waals surface area contributed by atoms with Crippen molar-refractivity contribution in [2.24, 2.45) is 0 Å². The van der Waals surface area contributed by atoms with Gasteiger partial charge < -0.3 is 10.6 Å². The molecule has 5 heteroatoms. The number of nitrogens with zero attached hydrogens (tertiary/aromatic N) is 2. The average Bonchev–Trinajstić information content (AvgIpc) is 2.47. The second-order valence-electron chi connectivity index (χ2n) is 4.43. The van der Waals surface area contributed by atoms with Crippen molar-refractivity contribution in [3.05, 3.63) is 39.7 Å². The maximum absolute atomic E-state index is 4.39. The van der Waals surface area contributed by atoms with Gasteiger partial charge in [-0.15, -0.1) is 0 Å². The van der Waals surface area contributed by atoms with E-state index in [2.05, 4.69) is 69.2 Å². The molecule has 0 saturated heterocycles. The summed E-state index contributed by atoms with van der Waals surface area (Å²) in [5.41, 5.74) is 2.20. The molecule has 4 nitrogen and oxygen atoms in total. The van der Waals surface area contributed by atoms with Crippen molar-refractivity contribution in [1.29, 1.82) is 0 Å². The number of anilines is 3.